The predicted molar refractivity (Wildman–Crippen MR) is 127 cm³/mol. The van der Waals surface area contributed by atoms with Crippen LogP contribution in [0.1, 0.15) is 44.4 Å². The molecule has 2 unspecified atom stereocenters. The van der Waals surface area contributed by atoms with Gasteiger partial charge in [-0.1, -0.05) is 17.7 Å². The topological polar surface area (TPSA) is 69.3 Å². The number of benzene rings is 1. The van der Waals surface area contributed by atoms with Crippen molar-refractivity contribution in [2.75, 3.05) is 35.7 Å². The quantitative estimate of drug-likeness (QED) is 0.612. The molecule has 172 valence electrons. The fourth-order valence-electron chi connectivity index (χ4n) is 5.17. The Morgan fingerprint density at radius 1 is 1.28 bits per heavy atom. The zero-order chi connectivity index (χ0) is 22.8. The van der Waals surface area contributed by atoms with Crippen LogP contribution in [0, 0.1) is 0 Å². The minimum atomic E-state index is -3.17. The predicted octanol–water partition coefficient (Wildman–Crippen LogP) is 3.75. The van der Waals surface area contributed by atoms with Crippen molar-refractivity contribution in [2.24, 2.45) is 0 Å². The Bertz CT molecular complexity index is 1160. The molecule has 2 fully saturated rings. The number of aromatic nitrogens is 1. The van der Waals surface area contributed by atoms with Crippen molar-refractivity contribution in [3.8, 4) is 0 Å². The fraction of sp³-hybridized carbons (Fsp3) is 0.522. The van der Waals surface area contributed by atoms with Crippen LogP contribution in [-0.4, -0.2) is 55.9 Å². The first-order chi connectivity index (χ1) is 15.1. The van der Waals surface area contributed by atoms with E-state index in [-0.39, 0.29) is 29.7 Å². The van der Waals surface area contributed by atoms with E-state index in [4.69, 9.17) is 16.3 Å². The lowest BCUT2D eigenvalue weighted by Gasteiger charge is -2.43. The molecule has 0 saturated carbocycles. The number of hydrogen-bond donors (Lipinski definition) is 0. The van der Waals surface area contributed by atoms with Crippen molar-refractivity contribution in [3.63, 3.8) is 0 Å². The van der Waals surface area contributed by atoms with E-state index in [1.54, 1.807) is 11.2 Å². The van der Waals surface area contributed by atoms with Gasteiger partial charge in [0, 0.05) is 31.2 Å². The second-order valence-corrected chi connectivity index (χ2v) is 12.0. The van der Waals surface area contributed by atoms with Gasteiger partial charge >= 0.3 is 0 Å². The average Bonchev–Trinajstić information content (AvgIpc) is 3.36. The highest BCUT2D eigenvalue weighted by atomic mass is 35.5. The van der Waals surface area contributed by atoms with Crippen molar-refractivity contribution >= 4 is 33.0 Å². The summed E-state index contributed by atoms with van der Waals surface area (Å²) in [6, 6.07) is 8.27. The van der Waals surface area contributed by atoms with Crippen molar-refractivity contribution in [3.05, 3.63) is 52.8 Å². The summed E-state index contributed by atoms with van der Waals surface area (Å²) in [5.41, 5.74) is 3.99. The highest BCUT2D eigenvalue weighted by Gasteiger charge is 2.56. The molecule has 0 amide bonds. The van der Waals surface area contributed by atoms with Crippen LogP contribution in [0.4, 0.5) is 11.4 Å². The number of fused-ring (bicyclic) bond motifs is 3. The van der Waals surface area contributed by atoms with Gasteiger partial charge in [-0.3, -0.25) is 4.98 Å². The zero-order valence-corrected chi connectivity index (χ0v) is 20.4. The molecule has 0 spiro atoms. The Morgan fingerprint density at radius 3 is 2.81 bits per heavy atom. The molecule has 9 heteroatoms. The van der Waals surface area contributed by atoms with Gasteiger partial charge in [0.2, 0.25) is 10.0 Å². The van der Waals surface area contributed by atoms with Crippen molar-refractivity contribution in [1.82, 2.24) is 9.29 Å². The number of likely N-dealkylation sites (N-methyl/N-ethyl adjacent to an activating group) is 1. The first-order valence-corrected chi connectivity index (χ1v) is 13.0. The smallest absolute Gasteiger partial charge is 0.213 e. The van der Waals surface area contributed by atoms with Crippen molar-refractivity contribution in [1.29, 1.82) is 0 Å². The number of hydrogen-bond acceptors (Lipinski definition) is 6. The van der Waals surface area contributed by atoms with E-state index in [1.807, 2.05) is 31.6 Å². The maximum atomic E-state index is 12.3. The van der Waals surface area contributed by atoms with E-state index in [9.17, 15) is 8.42 Å². The Hall–Kier alpha value is -1.87. The average molecular weight is 477 g/mol. The monoisotopic (exact) mass is 476 g/mol. The second-order valence-electron chi connectivity index (χ2n) is 9.32. The first-order valence-electron chi connectivity index (χ1n) is 11.0. The molecular weight excluding hydrogens is 448 g/mol. The van der Waals surface area contributed by atoms with Gasteiger partial charge in [-0.2, -0.15) is 4.31 Å². The van der Waals surface area contributed by atoms with E-state index in [2.05, 4.69) is 40.8 Å². The molecule has 0 aliphatic carbocycles. The largest absolute Gasteiger partial charge is 0.369 e. The van der Waals surface area contributed by atoms with Gasteiger partial charge in [-0.25, -0.2) is 8.42 Å². The van der Waals surface area contributed by atoms with E-state index < -0.39 is 10.0 Å². The summed E-state index contributed by atoms with van der Waals surface area (Å²) in [6.45, 7) is 7.12. The molecule has 1 aromatic carbocycles. The van der Waals surface area contributed by atoms with Gasteiger partial charge in [-0.15, -0.1) is 0 Å². The molecule has 3 atom stereocenters. The molecule has 5 rings (SSSR count). The first kappa shape index (κ1) is 21.9. The summed E-state index contributed by atoms with van der Waals surface area (Å²) < 4.78 is 32.2. The van der Waals surface area contributed by atoms with E-state index in [0.29, 0.717) is 13.1 Å². The molecule has 0 bridgehead atoms. The number of sulfonamides is 1. The van der Waals surface area contributed by atoms with Crippen LogP contribution in [0.15, 0.2) is 36.7 Å². The summed E-state index contributed by atoms with van der Waals surface area (Å²) in [5.74, 6) is 0.137. The van der Waals surface area contributed by atoms with Crippen LogP contribution in [0.2, 0.25) is 5.02 Å². The third-order valence-electron chi connectivity index (χ3n) is 7.13. The maximum Gasteiger partial charge on any atom is 0.213 e. The van der Waals surface area contributed by atoms with Gasteiger partial charge in [0.15, 0.2) is 6.23 Å². The molecule has 0 N–H and O–H groups in total. The number of pyridine rings is 1. The minimum Gasteiger partial charge on any atom is -0.369 e. The molecular formula is C23H29ClN4O3S. The zero-order valence-electron chi connectivity index (χ0n) is 18.8. The summed E-state index contributed by atoms with van der Waals surface area (Å²) >= 11 is 6.33. The number of rotatable bonds is 5. The van der Waals surface area contributed by atoms with Crippen molar-refractivity contribution < 1.29 is 13.2 Å². The highest BCUT2D eigenvalue weighted by Crippen LogP contribution is 2.55. The Morgan fingerprint density at radius 2 is 2.06 bits per heavy atom. The maximum absolute atomic E-state index is 12.3. The standard InChI is InChI=1S/C23H29ClN4O3S/c1-5-32(29,30)27-9-8-16(14-27)26(4)17-11-18(13-25-12-17)28-22-21(31-22)19-7-6-15(24)10-20(19)23(28,2)3/h6-7,10-13,16,21-22H,5,8-9,14H2,1-4H3/t16-,21?,22?/m0/s1. The minimum absolute atomic E-state index is 0.0299. The molecule has 7 nitrogen and oxygen atoms in total. The van der Waals surface area contributed by atoms with Crippen LogP contribution >= 0.6 is 11.6 Å². The SMILES string of the molecule is CCS(=O)(=O)N1CC[C@H](N(C)c2cncc(N3C4OC4c4ccc(Cl)cc4C3(C)C)c2)C1. The number of anilines is 2. The lowest BCUT2D eigenvalue weighted by molar-refractivity contribution is 0.345. The van der Waals surface area contributed by atoms with Gasteiger partial charge in [0.05, 0.1) is 35.1 Å². The molecule has 4 heterocycles. The highest BCUT2D eigenvalue weighted by molar-refractivity contribution is 7.89. The van der Waals surface area contributed by atoms with Gasteiger partial charge in [0.1, 0.15) is 6.10 Å². The summed E-state index contributed by atoms with van der Waals surface area (Å²) in [5, 5.41) is 0.718. The van der Waals surface area contributed by atoms with E-state index in [0.717, 1.165) is 22.8 Å². The lowest BCUT2D eigenvalue weighted by Crippen LogP contribution is -2.47. The second kappa shape index (κ2) is 7.58. The normalized spacial score (nSPS) is 26.5. The van der Waals surface area contributed by atoms with Crippen LogP contribution in [0.3, 0.4) is 0 Å². The number of ether oxygens (including phenoxy) is 1. The van der Waals surface area contributed by atoms with Gasteiger partial charge < -0.3 is 14.5 Å². The van der Waals surface area contributed by atoms with Crippen LogP contribution in [-0.2, 0) is 20.3 Å². The number of nitrogens with zero attached hydrogens (tertiary/aromatic N) is 4. The molecule has 3 aliphatic heterocycles. The molecule has 1 aromatic heterocycles. The lowest BCUT2D eigenvalue weighted by atomic mass is 9.83. The number of halogens is 1. The molecule has 32 heavy (non-hydrogen) atoms. The summed E-state index contributed by atoms with van der Waals surface area (Å²) in [7, 11) is -1.15. The van der Waals surface area contributed by atoms with Crippen molar-refractivity contribution in [2.45, 2.75) is 51.1 Å². The van der Waals surface area contributed by atoms with Gasteiger partial charge in [0.25, 0.3) is 0 Å². The third kappa shape index (κ3) is 3.48. The summed E-state index contributed by atoms with van der Waals surface area (Å²) in [4.78, 5) is 8.96. The van der Waals surface area contributed by atoms with Gasteiger partial charge in [-0.05, 0) is 56.5 Å². The van der Waals surface area contributed by atoms with Crippen LogP contribution in [0.5, 0.6) is 0 Å². The van der Waals surface area contributed by atoms with Crippen LogP contribution in [0.25, 0.3) is 0 Å². The molecule has 3 aliphatic rings. The third-order valence-corrected chi connectivity index (χ3v) is 9.22. The van der Waals surface area contributed by atoms with Crippen LogP contribution < -0.4 is 9.80 Å². The summed E-state index contributed by atoms with van der Waals surface area (Å²) in [6.07, 6.45) is 4.52. The fourth-order valence-corrected chi connectivity index (χ4v) is 6.49. The molecule has 2 saturated heterocycles. The number of epoxide rings is 1. The Balaban J connectivity index is 1.43. The molecule has 0 radical (unpaired) electrons. The van der Waals surface area contributed by atoms with E-state index >= 15 is 0 Å². The molecule has 2 aromatic rings. The van der Waals surface area contributed by atoms with E-state index in [1.165, 1.54) is 11.1 Å². The Kier molecular flexibility index (Phi) is 5.20. The Labute approximate surface area is 195 Å².